The van der Waals surface area contributed by atoms with Gasteiger partial charge in [0.15, 0.2) is 0 Å². The van der Waals surface area contributed by atoms with Crippen molar-refractivity contribution < 1.29 is 4.79 Å². The van der Waals surface area contributed by atoms with E-state index >= 15 is 0 Å². The van der Waals surface area contributed by atoms with E-state index in [1.54, 1.807) is 35.4 Å². The zero-order valence-corrected chi connectivity index (χ0v) is 17.5. The van der Waals surface area contributed by atoms with Crippen LogP contribution in [-0.2, 0) is 5.54 Å². The zero-order chi connectivity index (χ0) is 23.0. The number of carbonyl (C=O) groups excluding carboxylic acids is 1. The van der Waals surface area contributed by atoms with E-state index in [1.165, 1.54) is 0 Å². The van der Waals surface area contributed by atoms with E-state index in [1.807, 2.05) is 24.3 Å². The van der Waals surface area contributed by atoms with E-state index in [9.17, 15) is 15.3 Å². The fourth-order valence-corrected chi connectivity index (χ4v) is 4.36. The third kappa shape index (κ3) is 3.46. The number of nitrogens with two attached hydrogens (primary N) is 1. The summed E-state index contributed by atoms with van der Waals surface area (Å²) < 4.78 is 0. The Morgan fingerprint density at radius 3 is 2.79 bits per heavy atom. The van der Waals surface area contributed by atoms with Crippen LogP contribution in [0.3, 0.4) is 0 Å². The quantitative estimate of drug-likeness (QED) is 0.507. The van der Waals surface area contributed by atoms with Gasteiger partial charge in [-0.3, -0.25) is 9.78 Å². The lowest BCUT2D eigenvalue weighted by Gasteiger charge is -2.42. The van der Waals surface area contributed by atoms with Crippen molar-refractivity contribution in [3.8, 4) is 34.7 Å². The second-order valence-electron chi connectivity index (χ2n) is 8.18. The van der Waals surface area contributed by atoms with Crippen LogP contribution >= 0.6 is 0 Å². The van der Waals surface area contributed by atoms with Gasteiger partial charge in [-0.15, -0.1) is 0 Å². The molecule has 0 bridgehead atoms. The van der Waals surface area contributed by atoms with Crippen molar-refractivity contribution in [2.75, 3.05) is 0 Å². The SMILES string of the molecule is N#CC[C@]1(n2ncc(-c3cc(-c4cccc(C(N)=O)n4)cc4ncccc34)n2)C[C@H](C#N)C1. The van der Waals surface area contributed by atoms with Gasteiger partial charge in [0, 0.05) is 22.7 Å². The summed E-state index contributed by atoms with van der Waals surface area (Å²) in [5, 5.41) is 28.6. The van der Waals surface area contributed by atoms with Gasteiger partial charge in [-0.25, -0.2) is 4.98 Å². The van der Waals surface area contributed by atoms with Crippen molar-refractivity contribution in [2.45, 2.75) is 24.8 Å². The molecule has 9 heteroatoms. The molecule has 0 aliphatic heterocycles. The molecule has 2 N–H and O–H groups in total. The smallest absolute Gasteiger partial charge is 0.267 e. The molecule has 160 valence electrons. The van der Waals surface area contributed by atoms with E-state index < -0.39 is 11.4 Å². The van der Waals surface area contributed by atoms with Crippen molar-refractivity contribution in [2.24, 2.45) is 11.7 Å². The molecule has 33 heavy (non-hydrogen) atoms. The van der Waals surface area contributed by atoms with Crippen LogP contribution in [0.2, 0.25) is 0 Å². The Bertz CT molecular complexity index is 1470. The fourth-order valence-electron chi connectivity index (χ4n) is 4.36. The van der Waals surface area contributed by atoms with Crippen molar-refractivity contribution in [1.29, 1.82) is 10.5 Å². The summed E-state index contributed by atoms with van der Waals surface area (Å²) in [5.41, 5.74) is 8.53. The predicted octanol–water partition coefficient (Wildman–Crippen LogP) is 3.20. The average Bonchev–Trinajstić information content (AvgIpc) is 3.31. The monoisotopic (exact) mass is 434 g/mol. The lowest BCUT2D eigenvalue weighted by molar-refractivity contribution is 0.0713. The summed E-state index contributed by atoms with van der Waals surface area (Å²) >= 11 is 0. The zero-order valence-electron chi connectivity index (χ0n) is 17.5. The molecule has 0 spiro atoms. The molecule has 1 aromatic carbocycles. The molecule has 1 aliphatic rings. The highest BCUT2D eigenvalue weighted by molar-refractivity contribution is 5.97. The minimum atomic E-state index is -0.599. The third-order valence-electron chi connectivity index (χ3n) is 6.05. The first kappa shape index (κ1) is 20.3. The number of aromatic nitrogens is 5. The topological polar surface area (TPSA) is 147 Å². The molecule has 5 rings (SSSR count). The van der Waals surface area contributed by atoms with Gasteiger partial charge in [0.05, 0.1) is 47.4 Å². The van der Waals surface area contributed by atoms with Crippen LogP contribution in [0.5, 0.6) is 0 Å². The molecule has 9 nitrogen and oxygen atoms in total. The van der Waals surface area contributed by atoms with Crippen molar-refractivity contribution in [3.63, 3.8) is 0 Å². The van der Waals surface area contributed by atoms with E-state index in [-0.39, 0.29) is 18.0 Å². The first-order valence-electron chi connectivity index (χ1n) is 10.4. The van der Waals surface area contributed by atoms with Crippen LogP contribution in [0.15, 0.2) is 54.9 Å². The number of benzene rings is 1. The van der Waals surface area contributed by atoms with Gasteiger partial charge in [0.1, 0.15) is 11.4 Å². The van der Waals surface area contributed by atoms with E-state index in [4.69, 9.17) is 10.8 Å². The van der Waals surface area contributed by atoms with Crippen LogP contribution < -0.4 is 5.73 Å². The van der Waals surface area contributed by atoms with Crippen LogP contribution in [-0.4, -0.2) is 30.9 Å². The number of carbonyl (C=O) groups is 1. The van der Waals surface area contributed by atoms with Crippen molar-refractivity contribution in [1.82, 2.24) is 25.0 Å². The molecule has 4 aromatic rings. The number of nitriles is 2. The number of hydrogen-bond donors (Lipinski definition) is 1. The molecule has 0 saturated heterocycles. The van der Waals surface area contributed by atoms with Gasteiger partial charge in [0.25, 0.3) is 5.91 Å². The number of primary amides is 1. The summed E-state index contributed by atoms with van der Waals surface area (Å²) in [6.45, 7) is 0. The molecule has 3 heterocycles. The van der Waals surface area contributed by atoms with Gasteiger partial charge in [-0.05, 0) is 43.2 Å². The molecule has 1 saturated carbocycles. The summed E-state index contributed by atoms with van der Waals surface area (Å²) in [7, 11) is 0. The molecule has 1 amide bonds. The third-order valence-corrected chi connectivity index (χ3v) is 6.05. The van der Waals surface area contributed by atoms with E-state index in [2.05, 4.69) is 27.2 Å². The summed E-state index contributed by atoms with van der Waals surface area (Å²) in [6.07, 6.45) is 4.72. The molecule has 1 fully saturated rings. The Morgan fingerprint density at radius 2 is 2.03 bits per heavy atom. The van der Waals surface area contributed by atoms with Gasteiger partial charge in [-0.2, -0.15) is 25.5 Å². The number of nitrogens with zero attached hydrogens (tertiary/aromatic N) is 7. The van der Waals surface area contributed by atoms with Gasteiger partial charge < -0.3 is 5.73 Å². The average molecular weight is 434 g/mol. The maximum atomic E-state index is 11.6. The Balaban J connectivity index is 1.62. The highest BCUT2D eigenvalue weighted by atomic mass is 16.1. The van der Waals surface area contributed by atoms with Crippen LogP contribution in [0.25, 0.3) is 33.4 Å². The molecule has 3 aromatic heterocycles. The van der Waals surface area contributed by atoms with E-state index in [0.29, 0.717) is 24.2 Å². The van der Waals surface area contributed by atoms with Gasteiger partial charge in [-0.1, -0.05) is 12.1 Å². The second-order valence-corrected chi connectivity index (χ2v) is 8.18. The van der Waals surface area contributed by atoms with Crippen LogP contribution in [0.4, 0.5) is 0 Å². The molecule has 0 unspecified atom stereocenters. The maximum absolute atomic E-state index is 11.6. The first-order chi connectivity index (χ1) is 16.0. The second kappa shape index (κ2) is 7.81. The maximum Gasteiger partial charge on any atom is 0.267 e. The minimum absolute atomic E-state index is 0.0928. The first-order valence-corrected chi connectivity index (χ1v) is 10.4. The summed E-state index contributed by atoms with van der Waals surface area (Å²) in [5.74, 6) is -0.692. The van der Waals surface area contributed by atoms with Crippen molar-refractivity contribution in [3.05, 3.63) is 60.6 Å². The normalized spacial score (nSPS) is 19.4. The van der Waals surface area contributed by atoms with Crippen LogP contribution in [0.1, 0.15) is 29.8 Å². The number of rotatable bonds is 5. The molecular formula is C24H18N8O. The molecule has 0 atom stereocenters. The van der Waals surface area contributed by atoms with Crippen LogP contribution in [0, 0.1) is 28.6 Å². The number of fused-ring (bicyclic) bond motifs is 1. The Morgan fingerprint density at radius 1 is 1.18 bits per heavy atom. The van der Waals surface area contributed by atoms with Crippen molar-refractivity contribution >= 4 is 16.8 Å². The highest BCUT2D eigenvalue weighted by Crippen LogP contribution is 2.45. The van der Waals surface area contributed by atoms with E-state index in [0.717, 1.165) is 22.0 Å². The summed E-state index contributed by atoms with van der Waals surface area (Å²) in [4.78, 5) is 22.1. The largest absolute Gasteiger partial charge is 0.364 e. The Kier molecular flexibility index (Phi) is 4.80. The lowest BCUT2D eigenvalue weighted by atomic mass is 9.68. The predicted molar refractivity (Wildman–Crippen MR) is 119 cm³/mol. The number of hydrogen-bond acceptors (Lipinski definition) is 7. The molecule has 0 radical (unpaired) electrons. The Labute approximate surface area is 189 Å². The minimum Gasteiger partial charge on any atom is -0.364 e. The number of amides is 1. The lowest BCUT2D eigenvalue weighted by Crippen LogP contribution is -2.47. The standard InChI is InChI=1S/C24H18N8O/c25-7-6-24(11-15(12-24)13-26)32-29-14-22(31-32)18-9-16(10-21-17(18)3-2-8-28-21)19-4-1-5-20(30-19)23(27)33/h1-5,8-10,14-15H,6,11-12H2,(H2,27,33)/t15-,24-. The highest BCUT2D eigenvalue weighted by Gasteiger charge is 2.48. The van der Waals surface area contributed by atoms with Gasteiger partial charge >= 0.3 is 0 Å². The molecular weight excluding hydrogens is 416 g/mol. The Hall–Kier alpha value is -4.63. The number of pyridine rings is 2. The molecule has 1 aliphatic carbocycles. The van der Waals surface area contributed by atoms with Gasteiger partial charge in [0.2, 0.25) is 0 Å². The summed E-state index contributed by atoms with van der Waals surface area (Å²) in [6, 6.07) is 17.2. The fraction of sp³-hybridized carbons (Fsp3) is 0.208.